The number of alkyl halides is 1. The summed E-state index contributed by atoms with van der Waals surface area (Å²) in [6.07, 6.45) is 8.61. The summed E-state index contributed by atoms with van der Waals surface area (Å²) in [6, 6.07) is 0. The van der Waals surface area contributed by atoms with E-state index in [0.717, 1.165) is 65.0 Å². The van der Waals surface area contributed by atoms with Gasteiger partial charge in [0.15, 0.2) is 0 Å². The Morgan fingerprint density at radius 1 is 0.960 bits per heavy atom. The van der Waals surface area contributed by atoms with Crippen LogP contribution in [0.5, 0.6) is 0 Å². The summed E-state index contributed by atoms with van der Waals surface area (Å²) in [5.41, 5.74) is -0.987. The average molecular weight is 356 g/mol. The van der Waals surface area contributed by atoms with Crippen LogP contribution in [-0.4, -0.2) is 80.0 Å². The lowest BCUT2D eigenvalue weighted by Crippen LogP contribution is -2.52. The first kappa shape index (κ1) is 19.5. The summed E-state index contributed by atoms with van der Waals surface area (Å²) in [5.74, 6) is 0. The zero-order valence-corrected chi connectivity index (χ0v) is 16.1. The number of nitrogens with one attached hydrogen (secondary N) is 1. The molecule has 0 aromatic rings. The van der Waals surface area contributed by atoms with E-state index in [9.17, 15) is 0 Å². The minimum atomic E-state index is -0.987. The molecule has 3 fully saturated rings. The maximum atomic E-state index is 15.3. The van der Waals surface area contributed by atoms with Gasteiger partial charge in [0.2, 0.25) is 0 Å². The van der Waals surface area contributed by atoms with E-state index in [2.05, 4.69) is 22.0 Å². The SMILES string of the molecule is CCCCN1CCN(CC2(F)CCC(OC3CCNCC3)CC2)CC1. The number of nitrogens with zero attached hydrogens (tertiary/aromatic N) is 2. The first-order valence-corrected chi connectivity index (χ1v) is 10.7. The Morgan fingerprint density at radius 2 is 1.56 bits per heavy atom. The van der Waals surface area contributed by atoms with Crippen LogP contribution in [0, 0.1) is 0 Å². The molecule has 5 heteroatoms. The molecule has 1 aliphatic carbocycles. The fraction of sp³-hybridized carbons (Fsp3) is 1.00. The molecule has 1 saturated carbocycles. The van der Waals surface area contributed by atoms with E-state index in [-0.39, 0.29) is 6.10 Å². The van der Waals surface area contributed by atoms with E-state index >= 15 is 4.39 Å². The number of hydrogen-bond acceptors (Lipinski definition) is 4. The van der Waals surface area contributed by atoms with Crippen molar-refractivity contribution >= 4 is 0 Å². The van der Waals surface area contributed by atoms with Gasteiger partial charge in [0.05, 0.1) is 12.2 Å². The number of rotatable bonds is 7. The zero-order chi connectivity index (χ0) is 17.5. The molecule has 3 rings (SSSR count). The molecule has 4 nitrogen and oxygen atoms in total. The summed E-state index contributed by atoms with van der Waals surface area (Å²) >= 11 is 0. The van der Waals surface area contributed by atoms with Crippen molar-refractivity contribution in [3.8, 4) is 0 Å². The van der Waals surface area contributed by atoms with Crippen LogP contribution in [0.15, 0.2) is 0 Å². The quantitative estimate of drug-likeness (QED) is 0.760. The predicted octanol–water partition coefficient (Wildman–Crippen LogP) is 2.82. The van der Waals surface area contributed by atoms with Crippen LogP contribution >= 0.6 is 0 Å². The van der Waals surface area contributed by atoms with Gasteiger partial charge in [-0.05, 0) is 64.6 Å². The summed E-state index contributed by atoms with van der Waals surface area (Å²) in [7, 11) is 0. The largest absolute Gasteiger partial charge is 0.375 e. The molecule has 25 heavy (non-hydrogen) atoms. The average Bonchev–Trinajstić information content (AvgIpc) is 2.64. The van der Waals surface area contributed by atoms with E-state index < -0.39 is 5.67 Å². The standard InChI is InChI=1S/C20H38FN3O/c1-2-3-12-23-13-15-24(16-14-23)17-20(21)8-4-18(5-9-20)25-19-6-10-22-11-7-19/h18-19,22H,2-17H2,1H3. The van der Waals surface area contributed by atoms with Gasteiger partial charge in [0, 0.05) is 32.7 Å². The second kappa shape index (κ2) is 9.63. The third-order valence-corrected chi connectivity index (χ3v) is 6.30. The second-order valence-electron chi connectivity index (χ2n) is 8.41. The molecule has 1 N–H and O–H groups in total. The van der Waals surface area contributed by atoms with Gasteiger partial charge in [-0.25, -0.2) is 4.39 Å². The molecule has 0 bridgehead atoms. The molecule has 0 spiro atoms. The number of halogens is 1. The van der Waals surface area contributed by atoms with Crippen LogP contribution in [0.4, 0.5) is 4.39 Å². The van der Waals surface area contributed by atoms with Gasteiger partial charge in [0.25, 0.3) is 0 Å². The maximum Gasteiger partial charge on any atom is 0.123 e. The highest BCUT2D eigenvalue weighted by Crippen LogP contribution is 2.35. The van der Waals surface area contributed by atoms with Crippen molar-refractivity contribution in [1.82, 2.24) is 15.1 Å². The molecule has 2 aliphatic heterocycles. The molecule has 0 amide bonds. The fourth-order valence-electron chi connectivity index (χ4n) is 4.56. The van der Waals surface area contributed by atoms with Crippen molar-refractivity contribution in [3.63, 3.8) is 0 Å². The minimum Gasteiger partial charge on any atom is -0.375 e. The molecular weight excluding hydrogens is 317 g/mol. The van der Waals surface area contributed by atoms with E-state index in [0.29, 0.717) is 25.5 Å². The normalized spacial score (nSPS) is 33.6. The monoisotopic (exact) mass is 355 g/mol. The van der Waals surface area contributed by atoms with Gasteiger partial charge < -0.3 is 15.0 Å². The number of hydrogen-bond donors (Lipinski definition) is 1. The highest BCUT2D eigenvalue weighted by atomic mass is 19.1. The van der Waals surface area contributed by atoms with Crippen molar-refractivity contribution in [3.05, 3.63) is 0 Å². The Labute approximate surface area is 153 Å². The van der Waals surface area contributed by atoms with Crippen molar-refractivity contribution in [2.75, 3.05) is 52.4 Å². The summed E-state index contributed by atoms with van der Waals surface area (Å²) in [6.45, 7) is 10.5. The van der Waals surface area contributed by atoms with Gasteiger partial charge in [-0.15, -0.1) is 0 Å². The Morgan fingerprint density at radius 3 is 2.20 bits per heavy atom. The summed E-state index contributed by atoms with van der Waals surface area (Å²) in [5, 5.41) is 3.38. The van der Waals surface area contributed by atoms with Gasteiger partial charge in [-0.1, -0.05) is 13.3 Å². The molecule has 0 aromatic heterocycles. The number of piperazine rings is 1. The number of unbranched alkanes of at least 4 members (excludes halogenated alkanes) is 1. The highest BCUT2D eigenvalue weighted by Gasteiger charge is 2.38. The third kappa shape index (κ3) is 6.16. The predicted molar refractivity (Wildman–Crippen MR) is 101 cm³/mol. The molecule has 0 atom stereocenters. The summed E-state index contributed by atoms with van der Waals surface area (Å²) < 4.78 is 21.5. The van der Waals surface area contributed by atoms with Gasteiger partial charge in [-0.2, -0.15) is 0 Å². The van der Waals surface area contributed by atoms with E-state index in [4.69, 9.17) is 4.74 Å². The van der Waals surface area contributed by atoms with Gasteiger partial charge in [0.1, 0.15) is 5.67 Å². The smallest absolute Gasteiger partial charge is 0.123 e. The van der Waals surface area contributed by atoms with Crippen LogP contribution < -0.4 is 5.32 Å². The van der Waals surface area contributed by atoms with Crippen LogP contribution in [0.1, 0.15) is 58.3 Å². The minimum absolute atomic E-state index is 0.290. The van der Waals surface area contributed by atoms with E-state index in [1.165, 1.54) is 19.4 Å². The molecule has 0 unspecified atom stereocenters. The lowest BCUT2D eigenvalue weighted by molar-refractivity contribution is -0.0719. The van der Waals surface area contributed by atoms with Crippen LogP contribution in [0.25, 0.3) is 0 Å². The Kier molecular flexibility index (Phi) is 7.52. The van der Waals surface area contributed by atoms with Crippen molar-refractivity contribution in [2.24, 2.45) is 0 Å². The Balaban J connectivity index is 1.35. The topological polar surface area (TPSA) is 27.7 Å². The van der Waals surface area contributed by atoms with Crippen LogP contribution in [0.3, 0.4) is 0 Å². The first-order valence-electron chi connectivity index (χ1n) is 10.7. The number of piperidine rings is 1. The molecule has 146 valence electrons. The van der Waals surface area contributed by atoms with Crippen molar-refractivity contribution in [1.29, 1.82) is 0 Å². The maximum absolute atomic E-state index is 15.3. The Hall–Kier alpha value is -0.230. The highest BCUT2D eigenvalue weighted by molar-refractivity contribution is 4.91. The van der Waals surface area contributed by atoms with Gasteiger partial charge >= 0.3 is 0 Å². The molecule has 0 aromatic carbocycles. The molecule has 2 saturated heterocycles. The van der Waals surface area contributed by atoms with E-state index in [1.807, 2.05) is 0 Å². The van der Waals surface area contributed by atoms with Crippen molar-refractivity contribution < 1.29 is 9.13 Å². The lowest BCUT2D eigenvalue weighted by Gasteiger charge is -2.41. The third-order valence-electron chi connectivity index (χ3n) is 6.30. The molecule has 3 aliphatic rings. The van der Waals surface area contributed by atoms with Crippen molar-refractivity contribution in [2.45, 2.75) is 76.2 Å². The van der Waals surface area contributed by atoms with Crippen LogP contribution in [-0.2, 0) is 4.74 Å². The number of ether oxygens (including phenoxy) is 1. The Bertz CT molecular complexity index is 373. The summed E-state index contributed by atoms with van der Waals surface area (Å²) in [4.78, 5) is 4.89. The molecule has 0 radical (unpaired) electrons. The first-order chi connectivity index (χ1) is 12.2. The van der Waals surface area contributed by atoms with Gasteiger partial charge in [-0.3, -0.25) is 4.90 Å². The van der Waals surface area contributed by atoms with Crippen LogP contribution in [0.2, 0.25) is 0 Å². The molecule has 2 heterocycles. The van der Waals surface area contributed by atoms with E-state index in [1.54, 1.807) is 0 Å². The fourth-order valence-corrected chi connectivity index (χ4v) is 4.56. The lowest BCUT2D eigenvalue weighted by atomic mass is 9.84. The molecular formula is C20H38FN3O. The second-order valence-corrected chi connectivity index (χ2v) is 8.41. The zero-order valence-electron chi connectivity index (χ0n) is 16.1.